The molecule has 1 aliphatic carbocycles. The Hall–Kier alpha value is -3.90. The topological polar surface area (TPSA) is 115 Å². The lowest BCUT2D eigenvalue weighted by atomic mass is 9.73. The fraction of sp³-hybridized carbons (Fsp3) is 0.346. The number of aromatic nitrogens is 1. The van der Waals surface area contributed by atoms with Crippen LogP contribution in [0.25, 0.3) is 5.41 Å². The lowest BCUT2D eigenvalue weighted by Gasteiger charge is -2.43. The Morgan fingerprint density at radius 2 is 1.97 bits per heavy atom. The lowest BCUT2D eigenvalue weighted by molar-refractivity contribution is -0.747. The fourth-order valence-electron chi connectivity index (χ4n) is 4.75. The van der Waals surface area contributed by atoms with E-state index in [9.17, 15) is 21.0 Å². The Morgan fingerprint density at radius 3 is 2.52 bits per heavy atom. The highest BCUT2D eigenvalue weighted by molar-refractivity contribution is 5.74. The zero-order valence-electron chi connectivity index (χ0n) is 18.6. The molecule has 0 radical (unpaired) electrons. The highest BCUT2D eigenvalue weighted by Gasteiger charge is 2.61. The van der Waals surface area contributed by atoms with Crippen molar-refractivity contribution in [2.45, 2.75) is 44.4 Å². The van der Waals surface area contributed by atoms with Crippen molar-refractivity contribution in [1.82, 2.24) is 5.32 Å². The van der Waals surface area contributed by atoms with E-state index < -0.39 is 17.7 Å². The predicted molar refractivity (Wildman–Crippen MR) is 122 cm³/mol. The number of nitrogens with zero attached hydrogens (tertiary/aromatic N) is 4. The van der Waals surface area contributed by atoms with Gasteiger partial charge < -0.3 is 20.6 Å². The maximum atomic E-state index is 12.1. The summed E-state index contributed by atoms with van der Waals surface area (Å²) in [6.07, 6.45) is 3.52. The van der Waals surface area contributed by atoms with E-state index in [1.165, 1.54) is 0 Å². The summed E-state index contributed by atoms with van der Waals surface area (Å²) < 4.78 is 7.57. The second-order valence-corrected chi connectivity index (χ2v) is 8.40. The summed E-state index contributed by atoms with van der Waals surface area (Å²) in [6, 6.07) is 16.8. The normalized spacial score (nSPS) is 24.2. The van der Waals surface area contributed by atoms with E-state index in [0.29, 0.717) is 12.4 Å². The molecule has 2 aromatic rings. The quantitative estimate of drug-likeness (QED) is 0.407. The highest BCUT2D eigenvalue weighted by atomic mass is 16.5. The van der Waals surface area contributed by atoms with E-state index in [1.807, 2.05) is 79.0 Å². The summed E-state index contributed by atoms with van der Waals surface area (Å²) in [5.41, 5.74) is 0.419. The van der Waals surface area contributed by atoms with E-state index >= 15 is 0 Å². The molecule has 0 amide bonds. The molecule has 0 bridgehead atoms. The second kappa shape index (κ2) is 8.92. The van der Waals surface area contributed by atoms with Crippen LogP contribution >= 0.6 is 0 Å². The first-order valence-corrected chi connectivity index (χ1v) is 11.0. The summed E-state index contributed by atoms with van der Waals surface area (Å²) >= 11 is 0. The van der Waals surface area contributed by atoms with Crippen molar-refractivity contribution in [3.8, 4) is 17.9 Å². The van der Waals surface area contributed by atoms with Crippen LogP contribution in [0.3, 0.4) is 0 Å². The molecule has 0 spiro atoms. The molecule has 4 rings (SSSR count). The first-order valence-electron chi connectivity index (χ1n) is 11.0. The second-order valence-electron chi connectivity index (χ2n) is 8.40. The van der Waals surface area contributed by atoms with Crippen LogP contribution in [0, 0.1) is 35.5 Å². The summed E-state index contributed by atoms with van der Waals surface area (Å²) in [4.78, 5) is 0. The van der Waals surface area contributed by atoms with Gasteiger partial charge in [0.15, 0.2) is 11.9 Å². The van der Waals surface area contributed by atoms with Gasteiger partial charge in [0.25, 0.3) is 0 Å². The Bertz CT molecular complexity index is 1230. The van der Waals surface area contributed by atoms with Gasteiger partial charge in [-0.15, -0.1) is 0 Å². The van der Waals surface area contributed by atoms with Crippen LogP contribution < -0.4 is 14.6 Å². The van der Waals surface area contributed by atoms with Crippen molar-refractivity contribution in [3.05, 3.63) is 82.2 Å². The molecule has 0 saturated heterocycles. The number of pyridine rings is 1. The van der Waals surface area contributed by atoms with Gasteiger partial charge in [-0.25, -0.2) is 5.87 Å². The zero-order chi connectivity index (χ0) is 23.6. The van der Waals surface area contributed by atoms with Crippen LogP contribution in [0.15, 0.2) is 65.5 Å². The Morgan fingerprint density at radius 1 is 1.24 bits per heavy atom. The third kappa shape index (κ3) is 3.90. The minimum atomic E-state index is -1.45. The number of benzene rings is 1. The largest absolute Gasteiger partial charge is 0.762 e. The number of aryl methyl sites for hydroxylation is 1. The van der Waals surface area contributed by atoms with Crippen LogP contribution in [0.1, 0.15) is 43.0 Å². The molecule has 166 valence electrons. The molecule has 1 saturated carbocycles. The molecule has 33 heavy (non-hydrogen) atoms. The molecule has 2 N–H and O–H groups in total. The monoisotopic (exact) mass is 439 g/mol. The molecular formula is C26H25N5O2. The summed E-state index contributed by atoms with van der Waals surface area (Å²) in [6.45, 7) is 4.40. The summed E-state index contributed by atoms with van der Waals surface area (Å²) in [5.74, 6) is 1.94. The Balaban J connectivity index is 2.01. The van der Waals surface area contributed by atoms with Gasteiger partial charge in [0, 0.05) is 25.0 Å². The van der Waals surface area contributed by atoms with Crippen LogP contribution in [-0.4, -0.2) is 23.3 Å². The number of nitriles is 2. The summed E-state index contributed by atoms with van der Waals surface area (Å²) in [7, 11) is 0. The molecule has 1 aromatic heterocycles. The molecule has 1 aliphatic heterocycles. The van der Waals surface area contributed by atoms with Crippen LogP contribution in [0.2, 0.25) is 0 Å². The van der Waals surface area contributed by atoms with E-state index in [0.717, 1.165) is 24.1 Å². The van der Waals surface area contributed by atoms with Crippen molar-refractivity contribution >= 4 is 5.87 Å². The molecule has 2 heterocycles. The van der Waals surface area contributed by atoms with Crippen molar-refractivity contribution in [2.24, 2.45) is 5.92 Å². The third-order valence-electron chi connectivity index (χ3n) is 6.42. The Labute approximate surface area is 193 Å². The van der Waals surface area contributed by atoms with Gasteiger partial charge in [-0.3, -0.25) is 0 Å². The van der Waals surface area contributed by atoms with Crippen molar-refractivity contribution < 1.29 is 14.4 Å². The van der Waals surface area contributed by atoms with Gasteiger partial charge in [0.2, 0.25) is 11.8 Å². The number of nitrogens with one attached hydrogen (secondary N) is 1. The number of rotatable bonds is 6. The number of hydrogen-bond donors (Lipinski definition) is 2. The van der Waals surface area contributed by atoms with Gasteiger partial charge in [0.05, 0.1) is 35.4 Å². The average molecular weight is 440 g/mol. The number of hydrogen-bond acceptors (Lipinski definition) is 5. The molecule has 3 atom stereocenters. The van der Waals surface area contributed by atoms with Gasteiger partial charge >= 0.3 is 0 Å². The lowest BCUT2D eigenvalue weighted by Crippen LogP contribution is -2.66. The van der Waals surface area contributed by atoms with Gasteiger partial charge in [0.1, 0.15) is 11.8 Å². The first kappa shape index (κ1) is 22.3. The molecular weight excluding hydrogens is 414 g/mol. The van der Waals surface area contributed by atoms with Gasteiger partial charge in [-0.2, -0.15) is 15.1 Å². The van der Waals surface area contributed by atoms with Crippen molar-refractivity contribution in [2.75, 3.05) is 6.61 Å². The Kier molecular flexibility index (Phi) is 6.03. The molecule has 3 unspecified atom stereocenters. The fourth-order valence-corrected chi connectivity index (χ4v) is 4.75. The smallest absolute Gasteiger partial charge is 0.217 e. The molecule has 1 aromatic carbocycles. The van der Waals surface area contributed by atoms with E-state index in [1.54, 1.807) is 0 Å². The van der Waals surface area contributed by atoms with E-state index in [2.05, 4.69) is 11.4 Å². The molecule has 7 heteroatoms. The molecule has 7 nitrogen and oxygen atoms in total. The maximum absolute atomic E-state index is 12.1. The SMILES string of the molecule is CCOc1ccc(C2C(C#N)=C(C(=C=[N-])C#N)NC(O)(C3CC3)C2[n+]2ccccc2C)cc1. The maximum Gasteiger partial charge on any atom is 0.217 e. The minimum Gasteiger partial charge on any atom is -0.762 e. The van der Waals surface area contributed by atoms with Crippen LogP contribution in [0.4, 0.5) is 0 Å². The van der Waals surface area contributed by atoms with Gasteiger partial charge in [-0.05, 0) is 37.5 Å². The number of ether oxygens (including phenoxy) is 1. The van der Waals surface area contributed by atoms with E-state index in [4.69, 9.17) is 4.74 Å². The van der Waals surface area contributed by atoms with E-state index in [-0.39, 0.29) is 22.8 Å². The molecule has 2 aliphatic rings. The summed E-state index contributed by atoms with van der Waals surface area (Å²) in [5, 5.41) is 44.6. The number of aliphatic hydroxyl groups is 1. The minimum absolute atomic E-state index is 0.0753. The predicted octanol–water partition coefficient (Wildman–Crippen LogP) is 3.17. The molecule has 1 fully saturated rings. The van der Waals surface area contributed by atoms with Crippen LogP contribution in [-0.2, 0) is 0 Å². The van der Waals surface area contributed by atoms with Crippen molar-refractivity contribution in [3.63, 3.8) is 0 Å². The zero-order valence-corrected chi connectivity index (χ0v) is 18.6. The van der Waals surface area contributed by atoms with Crippen molar-refractivity contribution in [1.29, 1.82) is 10.5 Å². The standard InChI is InChI=1S/C26H25N5O2/c1-3-33-21-11-7-18(8-12-21)23-22(16-29)24(19(14-27)15-28)30-26(32,20-9-10-20)25(23)31-13-5-4-6-17(31)2/h4-8,11-13,20,23,25,30,32H,3,9-10H2,1-2H3. The van der Waals surface area contributed by atoms with Crippen LogP contribution in [0.5, 0.6) is 5.75 Å². The number of allylic oxidation sites excluding steroid dienone is 2. The highest BCUT2D eigenvalue weighted by Crippen LogP contribution is 2.52. The van der Waals surface area contributed by atoms with Gasteiger partial charge in [-0.1, -0.05) is 18.2 Å². The first-order chi connectivity index (χ1) is 16.0. The average Bonchev–Trinajstić information content (AvgIpc) is 3.67. The third-order valence-corrected chi connectivity index (χ3v) is 6.42.